The minimum absolute atomic E-state index is 0. The van der Waals surface area contributed by atoms with E-state index in [2.05, 4.69) is 15.1 Å². The van der Waals surface area contributed by atoms with Crippen molar-refractivity contribution < 1.29 is 9.90 Å². The number of anilines is 1. The van der Waals surface area contributed by atoms with Gasteiger partial charge < -0.3 is 10.0 Å². The van der Waals surface area contributed by atoms with Gasteiger partial charge in [-0.15, -0.1) is 22.6 Å². The van der Waals surface area contributed by atoms with Gasteiger partial charge in [-0.2, -0.15) is 0 Å². The van der Waals surface area contributed by atoms with Crippen molar-refractivity contribution in [3.8, 4) is 0 Å². The molecule has 0 aliphatic carbocycles. The van der Waals surface area contributed by atoms with E-state index in [9.17, 15) is 4.79 Å². The van der Waals surface area contributed by atoms with Gasteiger partial charge in [0.1, 0.15) is 5.51 Å². The van der Waals surface area contributed by atoms with Crippen molar-refractivity contribution in [2.75, 3.05) is 18.0 Å². The monoisotopic (exact) mass is 249 g/mol. The molecule has 1 aliphatic rings. The maximum Gasteiger partial charge on any atom is 0.306 e. The van der Waals surface area contributed by atoms with Crippen molar-refractivity contribution in [1.29, 1.82) is 0 Å². The Balaban J connectivity index is 0.00000112. The zero-order valence-electron chi connectivity index (χ0n) is 8.00. The van der Waals surface area contributed by atoms with Gasteiger partial charge >= 0.3 is 5.97 Å². The van der Waals surface area contributed by atoms with Gasteiger partial charge in [0.05, 0.1) is 5.92 Å². The highest BCUT2D eigenvalue weighted by atomic mass is 35.5. The van der Waals surface area contributed by atoms with Gasteiger partial charge in [-0.25, -0.2) is 0 Å². The molecule has 2 rings (SSSR count). The van der Waals surface area contributed by atoms with E-state index in [0.717, 1.165) is 18.2 Å². The van der Waals surface area contributed by atoms with Crippen LogP contribution in [0.4, 0.5) is 5.13 Å². The fraction of sp³-hybridized carbons (Fsp3) is 0.625. The van der Waals surface area contributed by atoms with E-state index in [1.54, 1.807) is 5.51 Å². The molecular weight excluding hydrogens is 238 g/mol. The van der Waals surface area contributed by atoms with Crippen molar-refractivity contribution in [2.45, 2.75) is 12.8 Å². The molecule has 1 N–H and O–H groups in total. The molecule has 0 radical (unpaired) electrons. The van der Waals surface area contributed by atoms with Gasteiger partial charge in [0, 0.05) is 13.1 Å². The number of rotatable bonds is 2. The summed E-state index contributed by atoms with van der Waals surface area (Å²) in [5.41, 5.74) is 1.69. The first-order valence-electron chi connectivity index (χ1n) is 4.51. The zero-order valence-corrected chi connectivity index (χ0v) is 9.63. The Morgan fingerprint density at radius 1 is 1.53 bits per heavy atom. The second-order valence-electron chi connectivity index (χ2n) is 3.32. The topological polar surface area (TPSA) is 66.3 Å². The van der Waals surface area contributed by atoms with E-state index in [1.807, 2.05) is 0 Å². The summed E-state index contributed by atoms with van der Waals surface area (Å²) < 4.78 is 0. The molecular formula is C8H12ClN3O2S. The first-order valence-corrected chi connectivity index (χ1v) is 5.39. The van der Waals surface area contributed by atoms with Gasteiger partial charge in [0.15, 0.2) is 0 Å². The fourth-order valence-corrected chi connectivity index (χ4v) is 2.24. The molecule has 84 valence electrons. The van der Waals surface area contributed by atoms with Crippen LogP contribution in [0, 0.1) is 5.92 Å². The van der Waals surface area contributed by atoms with Gasteiger partial charge in [-0.05, 0) is 12.8 Å². The smallest absolute Gasteiger partial charge is 0.306 e. The van der Waals surface area contributed by atoms with Crippen LogP contribution < -0.4 is 4.90 Å². The zero-order chi connectivity index (χ0) is 9.97. The van der Waals surface area contributed by atoms with Crippen LogP contribution in [-0.2, 0) is 4.79 Å². The summed E-state index contributed by atoms with van der Waals surface area (Å²) in [5.74, 6) is -0.860. The van der Waals surface area contributed by atoms with Gasteiger partial charge in [-0.3, -0.25) is 4.79 Å². The molecule has 1 saturated heterocycles. The molecule has 15 heavy (non-hydrogen) atoms. The molecule has 0 bridgehead atoms. The summed E-state index contributed by atoms with van der Waals surface area (Å²) in [6, 6.07) is 0. The number of carboxylic acids is 1. The molecule has 5 nitrogen and oxygen atoms in total. The summed E-state index contributed by atoms with van der Waals surface area (Å²) in [7, 11) is 0. The Morgan fingerprint density at radius 3 is 2.67 bits per heavy atom. The lowest BCUT2D eigenvalue weighted by molar-refractivity contribution is -0.142. The number of carboxylic acid groups (broad SMARTS) is 1. The molecule has 1 aliphatic heterocycles. The maximum atomic E-state index is 10.7. The molecule has 1 fully saturated rings. The third-order valence-corrected chi connectivity index (χ3v) is 3.21. The number of hydrogen-bond acceptors (Lipinski definition) is 5. The Morgan fingerprint density at radius 2 is 2.20 bits per heavy atom. The van der Waals surface area contributed by atoms with Crippen LogP contribution in [0.3, 0.4) is 0 Å². The number of halogens is 1. The molecule has 0 atom stereocenters. The van der Waals surface area contributed by atoms with Gasteiger partial charge in [0.25, 0.3) is 0 Å². The van der Waals surface area contributed by atoms with Crippen LogP contribution in [-0.4, -0.2) is 34.4 Å². The lowest BCUT2D eigenvalue weighted by Gasteiger charge is -2.29. The fourth-order valence-electron chi connectivity index (χ4n) is 1.62. The molecule has 0 spiro atoms. The number of nitrogens with zero attached hydrogens (tertiary/aromatic N) is 3. The normalized spacial score (nSPS) is 17.2. The molecule has 7 heteroatoms. The number of aromatic nitrogens is 2. The molecule has 0 saturated carbocycles. The van der Waals surface area contributed by atoms with Crippen molar-refractivity contribution >= 4 is 34.8 Å². The summed E-state index contributed by atoms with van der Waals surface area (Å²) in [6.45, 7) is 1.54. The van der Waals surface area contributed by atoms with Crippen molar-refractivity contribution in [2.24, 2.45) is 5.92 Å². The quantitative estimate of drug-likeness (QED) is 0.855. The maximum absolute atomic E-state index is 10.7. The third-order valence-electron chi connectivity index (χ3n) is 2.46. The Bertz CT molecular complexity index is 312. The summed E-state index contributed by atoms with van der Waals surface area (Å²) in [4.78, 5) is 12.8. The summed E-state index contributed by atoms with van der Waals surface area (Å²) in [6.07, 6.45) is 1.41. The standard InChI is InChI=1S/C8H11N3O2S.ClH/c12-7(13)6-1-3-11(4-2-6)8-10-9-5-14-8;/h5-6H,1-4H2,(H,12,13);1H. The molecule has 1 aromatic heterocycles. The number of hydrogen-bond donors (Lipinski definition) is 1. The number of carbonyl (C=O) groups is 1. The molecule has 1 aromatic rings. The number of piperidine rings is 1. The van der Waals surface area contributed by atoms with E-state index in [1.165, 1.54) is 11.3 Å². The molecule has 2 heterocycles. The lowest BCUT2D eigenvalue weighted by atomic mass is 9.98. The van der Waals surface area contributed by atoms with E-state index >= 15 is 0 Å². The van der Waals surface area contributed by atoms with Crippen LogP contribution in [0.15, 0.2) is 5.51 Å². The van der Waals surface area contributed by atoms with Crippen LogP contribution >= 0.6 is 23.7 Å². The Hall–Kier alpha value is -0.880. The highest BCUT2D eigenvalue weighted by Gasteiger charge is 2.25. The average Bonchev–Trinajstić information content (AvgIpc) is 2.71. The lowest BCUT2D eigenvalue weighted by Crippen LogP contribution is -2.36. The predicted octanol–water partition coefficient (Wildman–Crippen LogP) is 1.26. The minimum Gasteiger partial charge on any atom is -0.481 e. The second-order valence-corrected chi connectivity index (χ2v) is 4.13. The van der Waals surface area contributed by atoms with E-state index in [0.29, 0.717) is 12.8 Å². The van der Waals surface area contributed by atoms with Crippen molar-refractivity contribution in [3.05, 3.63) is 5.51 Å². The predicted molar refractivity (Wildman–Crippen MR) is 59.7 cm³/mol. The first-order chi connectivity index (χ1) is 6.77. The summed E-state index contributed by atoms with van der Waals surface area (Å²) >= 11 is 1.50. The molecule has 0 aromatic carbocycles. The van der Waals surface area contributed by atoms with E-state index in [-0.39, 0.29) is 18.3 Å². The van der Waals surface area contributed by atoms with Crippen LogP contribution in [0.2, 0.25) is 0 Å². The summed E-state index contributed by atoms with van der Waals surface area (Å²) in [5, 5.41) is 17.4. The van der Waals surface area contributed by atoms with Crippen LogP contribution in [0.1, 0.15) is 12.8 Å². The Kier molecular flexibility index (Phi) is 4.28. The van der Waals surface area contributed by atoms with Crippen LogP contribution in [0.25, 0.3) is 0 Å². The number of aliphatic carboxylic acids is 1. The van der Waals surface area contributed by atoms with Crippen molar-refractivity contribution in [3.63, 3.8) is 0 Å². The molecule has 0 amide bonds. The highest BCUT2D eigenvalue weighted by Crippen LogP contribution is 2.23. The Labute approximate surface area is 97.5 Å². The molecule has 0 unspecified atom stereocenters. The van der Waals surface area contributed by atoms with Crippen LogP contribution in [0.5, 0.6) is 0 Å². The highest BCUT2D eigenvalue weighted by molar-refractivity contribution is 7.13. The van der Waals surface area contributed by atoms with Gasteiger partial charge in [-0.1, -0.05) is 11.3 Å². The van der Waals surface area contributed by atoms with E-state index < -0.39 is 5.97 Å². The largest absolute Gasteiger partial charge is 0.481 e. The average molecular weight is 250 g/mol. The third kappa shape index (κ3) is 2.79. The van der Waals surface area contributed by atoms with Gasteiger partial charge in [0.2, 0.25) is 5.13 Å². The van der Waals surface area contributed by atoms with E-state index in [4.69, 9.17) is 5.11 Å². The minimum atomic E-state index is -0.679. The second kappa shape index (κ2) is 5.27. The SMILES string of the molecule is Cl.O=C(O)C1CCN(c2nncs2)CC1. The first kappa shape index (κ1) is 12.2. The van der Waals surface area contributed by atoms with Crippen molar-refractivity contribution in [1.82, 2.24) is 10.2 Å².